The summed E-state index contributed by atoms with van der Waals surface area (Å²) in [5.41, 5.74) is 2.37. The molecule has 3 heteroatoms. The lowest BCUT2D eigenvalue weighted by Crippen LogP contribution is -2.23. The van der Waals surface area contributed by atoms with Gasteiger partial charge in [0.25, 0.3) is 0 Å². The van der Waals surface area contributed by atoms with Crippen molar-refractivity contribution in [1.29, 1.82) is 5.26 Å². The number of nitrogens with zero attached hydrogens (tertiary/aromatic N) is 1. The Bertz CT molecular complexity index is 419. The standard InChI is InChI=1S/C14H19ClN2/c1-11-5-6-12(15)9-13(11)17-10-14(2,3)7-4-8-16/h5-6,9,17H,4,7,10H2,1-3H3. The van der Waals surface area contributed by atoms with Crippen LogP contribution in [0.3, 0.4) is 0 Å². The van der Waals surface area contributed by atoms with Crippen molar-refractivity contribution in [3.05, 3.63) is 28.8 Å². The fraction of sp³-hybridized carbons (Fsp3) is 0.500. The van der Waals surface area contributed by atoms with Gasteiger partial charge in [0.2, 0.25) is 0 Å². The third kappa shape index (κ3) is 4.66. The molecule has 2 nitrogen and oxygen atoms in total. The minimum absolute atomic E-state index is 0.116. The van der Waals surface area contributed by atoms with Crippen molar-refractivity contribution in [3.8, 4) is 6.07 Å². The second-order valence-electron chi connectivity index (χ2n) is 5.14. The smallest absolute Gasteiger partial charge is 0.0621 e. The molecular formula is C14H19ClN2. The molecule has 0 aliphatic rings. The Morgan fingerprint density at radius 3 is 2.76 bits per heavy atom. The topological polar surface area (TPSA) is 35.8 Å². The predicted octanol–water partition coefficient (Wildman–Crippen LogP) is 4.39. The lowest BCUT2D eigenvalue weighted by atomic mass is 9.88. The summed E-state index contributed by atoms with van der Waals surface area (Å²) in [6.07, 6.45) is 1.50. The Morgan fingerprint density at radius 1 is 1.41 bits per heavy atom. The first-order valence-corrected chi connectivity index (χ1v) is 6.19. The van der Waals surface area contributed by atoms with Gasteiger partial charge in [-0.1, -0.05) is 31.5 Å². The number of nitrogens with one attached hydrogen (secondary N) is 1. The number of benzene rings is 1. The zero-order valence-corrected chi connectivity index (χ0v) is 11.4. The van der Waals surface area contributed by atoms with E-state index in [1.54, 1.807) is 0 Å². The zero-order valence-electron chi connectivity index (χ0n) is 10.7. The van der Waals surface area contributed by atoms with Crippen LogP contribution in [0.5, 0.6) is 0 Å². The number of halogens is 1. The van der Waals surface area contributed by atoms with Gasteiger partial charge in [-0.2, -0.15) is 5.26 Å². The molecule has 1 rings (SSSR count). The molecule has 0 saturated carbocycles. The highest BCUT2D eigenvalue weighted by atomic mass is 35.5. The maximum Gasteiger partial charge on any atom is 0.0621 e. The van der Waals surface area contributed by atoms with Crippen LogP contribution in [0.25, 0.3) is 0 Å². The van der Waals surface area contributed by atoms with Gasteiger partial charge in [0.05, 0.1) is 6.07 Å². The molecule has 0 radical (unpaired) electrons. The summed E-state index contributed by atoms with van der Waals surface area (Å²) in [6, 6.07) is 8.03. The van der Waals surface area contributed by atoms with Crippen molar-refractivity contribution >= 4 is 17.3 Å². The molecule has 0 aromatic heterocycles. The first kappa shape index (κ1) is 13.9. The number of nitriles is 1. The van der Waals surface area contributed by atoms with Crippen LogP contribution in [-0.4, -0.2) is 6.54 Å². The molecule has 0 aliphatic carbocycles. The van der Waals surface area contributed by atoms with Gasteiger partial charge in [-0.3, -0.25) is 0 Å². The Hall–Kier alpha value is -1.20. The number of rotatable bonds is 5. The third-order valence-corrected chi connectivity index (χ3v) is 3.11. The van der Waals surface area contributed by atoms with E-state index in [9.17, 15) is 0 Å². The lowest BCUT2D eigenvalue weighted by molar-refractivity contribution is 0.364. The average molecular weight is 251 g/mol. The molecule has 17 heavy (non-hydrogen) atoms. The quantitative estimate of drug-likeness (QED) is 0.841. The van der Waals surface area contributed by atoms with Crippen LogP contribution in [0.2, 0.25) is 5.02 Å². The molecule has 0 atom stereocenters. The highest BCUT2D eigenvalue weighted by Crippen LogP contribution is 2.25. The predicted molar refractivity (Wildman–Crippen MR) is 73.3 cm³/mol. The largest absolute Gasteiger partial charge is 0.384 e. The van der Waals surface area contributed by atoms with E-state index in [1.165, 1.54) is 5.56 Å². The van der Waals surface area contributed by atoms with E-state index in [2.05, 4.69) is 32.2 Å². The minimum Gasteiger partial charge on any atom is -0.384 e. The van der Waals surface area contributed by atoms with Crippen LogP contribution < -0.4 is 5.32 Å². The maximum absolute atomic E-state index is 8.61. The molecule has 0 fully saturated rings. The summed E-state index contributed by atoms with van der Waals surface area (Å²) in [5.74, 6) is 0. The third-order valence-electron chi connectivity index (χ3n) is 2.87. The molecule has 0 heterocycles. The van der Waals surface area contributed by atoms with Gasteiger partial charge >= 0.3 is 0 Å². The Labute approximate surface area is 109 Å². The van der Waals surface area contributed by atoms with Crippen molar-refractivity contribution in [3.63, 3.8) is 0 Å². The van der Waals surface area contributed by atoms with E-state index in [-0.39, 0.29) is 5.41 Å². The molecule has 0 bridgehead atoms. The van der Waals surface area contributed by atoms with E-state index in [0.29, 0.717) is 6.42 Å². The Balaban J connectivity index is 2.61. The first-order valence-electron chi connectivity index (χ1n) is 5.81. The molecule has 1 aromatic carbocycles. The van der Waals surface area contributed by atoms with Crippen LogP contribution in [0.15, 0.2) is 18.2 Å². The van der Waals surface area contributed by atoms with Gasteiger partial charge in [-0.15, -0.1) is 0 Å². The van der Waals surface area contributed by atoms with Gasteiger partial charge in [0.1, 0.15) is 0 Å². The number of hydrogen-bond donors (Lipinski definition) is 1. The molecule has 1 N–H and O–H groups in total. The van der Waals surface area contributed by atoms with Crippen molar-refractivity contribution < 1.29 is 0 Å². The lowest BCUT2D eigenvalue weighted by Gasteiger charge is -2.25. The number of aryl methyl sites for hydroxylation is 1. The van der Waals surface area contributed by atoms with E-state index < -0.39 is 0 Å². The molecule has 0 amide bonds. The average Bonchev–Trinajstić information content (AvgIpc) is 2.28. The summed E-state index contributed by atoms with van der Waals surface area (Å²) in [7, 11) is 0. The maximum atomic E-state index is 8.61. The molecule has 1 aromatic rings. The minimum atomic E-state index is 0.116. The monoisotopic (exact) mass is 250 g/mol. The second-order valence-corrected chi connectivity index (χ2v) is 5.57. The zero-order chi connectivity index (χ0) is 12.9. The molecule has 0 aliphatic heterocycles. The van der Waals surface area contributed by atoms with Crippen LogP contribution in [0, 0.1) is 23.7 Å². The SMILES string of the molecule is Cc1ccc(Cl)cc1NCC(C)(C)CCC#N. The summed E-state index contributed by atoms with van der Waals surface area (Å²) < 4.78 is 0. The van der Waals surface area contributed by atoms with Crippen molar-refractivity contribution in [2.45, 2.75) is 33.6 Å². The molecule has 0 saturated heterocycles. The van der Waals surface area contributed by atoms with E-state index in [1.807, 2.05) is 18.2 Å². The van der Waals surface area contributed by atoms with Gasteiger partial charge in [0, 0.05) is 23.7 Å². The molecule has 92 valence electrons. The van der Waals surface area contributed by atoms with Crippen molar-refractivity contribution in [1.82, 2.24) is 0 Å². The second kappa shape index (κ2) is 5.93. The molecular weight excluding hydrogens is 232 g/mol. The van der Waals surface area contributed by atoms with Gasteiger partial charge in [-0.05, 0) is 36.5 Å². The molecule has 0 spiro atoms. The normalized spacial score (nSPS) is 11.0. The van der Waals surface area contributed by atoms with E-state index in [0.717, 1.165) is 23.7 Å². The van der Waals surface area contributed by atoms with Crippen LogP contribution in [0.1, 0.15) is 32.3 Å². The number of anilines is 1. The van der Waals surface area contributed by atoms with Gasteiger partial charge in [-0.25, -0.2) is 0 Å². The van der Waals surface area contributed by atoms with Crippen LogP contribution in [-0.2, 0) is 0 Å². The van der Waals surface area contributed by atoms with Gasteiger partial charge in [0.15, 0.2) is 0 Å². The van der Waals surface area contributed by atoms with E-state index in [4.69, 9.17) is 16.9 Å². The van der Waals surface area contributed by atoms with Crippen LogP contribution in [0.4, 0.5) is 5.69 Å². The van der Waals surface area contributed by atoms with Crippen molar-refractivity contribution in [2.24, 2.45) is 5.41 Å². The Kier molecular flexibility index (Phi) is 4.84. The summed E-state index contributed by atoms with van der Waals surface area (Å²) in [5, 5.41) is 12.8. The van der Waals surface area contributed by atoms with E-state index >= 15 is 0 Å². The fourth-order valence-electron chi connectivity index (χ4n) is 1.60. The summed E-state index contributed by atoms with van der Waals surface area (Å²) in [6.45, 7) is 7.23. The Morgan fingerprint density at radius 2 is 2.12 bits per heavy atom. The van der Waals surface area contributed by atoms with Gasteiger partial charge < -0.3 is 5.32 Å². The van der Waals surface area contributed by atoms with Crippen molar-refractivity contribution in [2.75, 3.05) is 11.9 Å². The number of hydrogen-bond acceptors (Lipinski definition) is 2. The highest BCUT2D eigenvalue weighted by Gasteiger charge is 2.17. The molecule has 0 unspecified atom stereocenters. The first-order chi connectivity index (χ1) is 7.94. The fourth-order valence-corrected chi connectivity index (χ4v) is 1.77. The summed E-state index contributed by atoms with van der Waals surface area (Å²) >= 11 is 5.97. The highest BCUT2D eigenvalue weighted by molar-refractivity contribution is 6.30. The van der Waals surface area contributed by atoms with Crippen LogP contribution >= 0.6 is 11.6 Å². The summed E-state index contributed by atoms with van der Waals surface area (Å²) in [4.78, 5) is 0.